The Morgan fingerprint density at radius 2 is 1.73 bits per heavy atom. The molecule has 0 bridgehead atoms. The molecule has 1 fully saturated rings. The van der Waals surface area contributed by atoms with Crippen LogP contribution < -0.4 is 5.32 Å². The van der Waals surface area contributed by atoms with E-state index in [-0.39, 0.29) is 10.6 Å². The van der Waals surface area contributed by atoms with E-state index < -0.39 is 28.5 Å². The average molecular weight is 534 g/mol. The highest BCUT2D eigenvalue weighted by atomic mass is 32.2. The van der Waals surface area contributed by atoms with E-state index in [9.17, 15) is 24.5 Å². The number of hydrogen-bond donors (Lipinski definition) is 1. The summed E-state index contributed by atoms with van der Waals surface area (Å²) < 4.78 is 0. The summed E-state index contributed by atoms with van der Waals surface area (Å²) in [5.41, 5.74) is 3.77. The van der Waals surface area contributed by atoms with Crippen molar-refractivity contribution in [2.75, 3.05) is 11.9 Å². The molecule has 1 saturated heterocycles. The summed E-state index contributed by atoms with van der Waals surface area (Å²) in [4.78, 5) is 51.5. The van der Waals surface area contributed by atoms with E-state index in [0.29, 0.717) is 27.9 Å². The predicted molar refractivity (Wildman–Crippen MR) is 146 cm³/mol. The smallest absolute Gasteiger partial charge is 0.294 e. The van der Waals surface area contributed by atoms with Crippen LogP contribution in [0.1, 0.15) is 22.3 Å². The summed E-state index contributed by atoms with van der Waals surface area (Å²) in [6.45, 7) is 5.25. The van der Waals surface area contributed by atoms with Gasteiger partial charge in [-0.05, 0) is 73.5 Å². The number of nitro benzene ring substituents is 1. The van der Waals surface area contributed by atoms with Crippen LogP contribution in [0.5, 0.6) is 0 Å². The number of imide groups is 1. The van der Waals surface area contributed by atoms with Crippen LogP contribution in [0.2, 0.25) is 0 Å². The number of amides is 3. The molecular weight excluding hydrogens is 510 g/mol. The van der Waals surface area contributed by atoms with E-state index in [4.69, 9.17) is 0 Å². The number of nitrogens with one attached hydrogen (secondary N) is 1. The fourth-order valence-corrected chi connectivity index (χ4v) is 5.45. The van der Waals surface area contributed by atoms with Crippen molar-refractivity contribution in [2.24, 2.45) is 0 Å². The number of nitrogens with zero attached hydrogens (tertiary/aromatic N) is 2. The van der Waals surface area contributed by atoms with Gasteiger partial charge in [-0.25, -0.2) is 0 Å². The molecule has 10 heteroatoms. The van der Waals surface area contributed by atoms with E-state index in [1.807, 2.05) is 63.2 Å². The summed E-state index contributed by atoms with van der Waals surface area (Å²) in [6, 6.07) is 17.9. The largest absolute Gasteiger partial charge is 0.324 e. The average Bonchev–Trinajstić information content (AvgIpc) is 3.11. The Kier molecular flexibility index (Phi) is 7.80. The number of para-hydroxylation sites is 1. The molecule has 3 amide bonds. The first-order valence-electron chi connectivity index (χ1n) is 11.3. The van der Waals surface area contributed by atoms with Crippen molar-refractivity contribution in [3.8, 4) is 0 Å². The van der Waals surface area contributed by atoms with Crippen LogP contribution in [-0.4, -0.2) is 33.4 Å². The van der Waals surface area contributed by atoms with Crippen LogP contribution in [0.3, 0.4) is 0 Å². The third-order valence-corrected chi connectivity index (χ3v) is 7.63. The number of carbonyl (C=O) groups excluding carboxylic acids is 3. The molecule has 0 radical (unpaired) electrons. The topological polar surface area (TPSA) is 110 Å². The van der Waals surface area contributed by atoms with Gasteiger partial charge in [-0.1, -0.05) is 53.7 Å². The Morgan fingerprint density at radius 1 is 1.05 bits per heavy atom. The van der Waals surface area contributed by atoms with Gasteiger partial charge in [0, 0.05) is 16.6 Å². The molecule has 0 aromatic heterocycles. The number of carbonyl (C=O) groups is 3. The van der Waals surface area contributed by atoms with Crippen molar-refractivity contribution in [1.29, 1.82) is 0 Å². The van der Waals surface area contributed by atoms with Gasteiger partial charge in [0.1, 0.15) is 6.54 Å². The van der Waals surface area contributed by atoms with Gasteiger partial charge < -0.3 is 5.32 Å². The predicted octanol–water partition coefficient (Wildman–Crippen LogP) is 6.35. The molecule has 1 heterocycles. The Balaban J connectivity index is 1.51. The number of aryl methyl sites for hydroxylation is 3. The van der Waals surface area contributed by atoms with Crippen molar-refractivity contribution >= 4 is 58.0 Å². The Morgan fingerprint density at radius 3 is 2.38 bits per heavy atom. The minimum absolute atomic E-state index is 0.0955. The molecule has 1 N–H and O–H groups in total. The molecule has 188 valence electrons. The first kappa shape index (κ1) is 26.2. The van der Waals surface area contributed by atoms with Gasteiger partial charge in [0.2, 0.25) is 5.91 Å². The van der Waals surface area contributed by atoms with Crippen LogP contribution in [0.15, 0.2) is 75.4 Å². The van der Waals surface area contributed by atoms with Crippen molar-refractivity contribution in [2.45, 2.75) is 30.6 Å². The highest BCUT2D eigenvalue weighted by molar-refractivity contribution is 8.18. The second-order valence-electron chi connectivity index (χ2n) is 8.48. The Hall–Kier alpha value is -3.89. The summed E-state index contributed by atoms with van der Waals surface area (Å²) >= 11 is 1.97. The highest BCUT2D eigenvalue weighted by Gasteiger charge is 2.36. The van der Waals surface area contributed by atoms with E-state index in [1.54, 1.807) is 12.1 Å². The van der Waals surface area contributed by atoms with Crippen molar-refractivity contribution in [3.63, 3.8) is 0 Å². The summed E-state index contributed by atoms with van der Waals surface area (Å²) in [7, 11) is 0. The Bertz CT molecular complexity index is 1430. The molecule has 0 unspecified atom stereocenters. The van der Waals surface area contributed by atoms with Crippen LogP contribution >= 0.6 is 23.5 Å². The number of nitro groups is 1. The zero-order chi connectivity index (χ0) is 26.7. The van der Waals surface area contributed by atoms with Gasteiger partial charge in [-0.3, -0.25) is 29.4 Å². The fourth-order valence-electron chi connectivity index (χ4n) is 3.71. The molecule has 0 spiro atoms. The molecular formula is C27H23N3O5S2. The minimum atomic E-state index is -0.618. The second-order valence-corrected chi connectivity index (χ2v) is 10.6. The van der Waals surface area contributed by atoms with Crippen molar-refractivity contribution in [1.82, 2.24) is 4.90 Å². The summed E-state index contributed by atoms with van der Waals surface area (Å²) in [5.74, 6) is -1.11. The summed E-state index contributed by atoms with van der Waals surface area (Å²) in [5, 5.41) is 13.9. The molecule has 0 aliphatic carbocycles. The minimum Gasteiger partial charge on any atom is -0.324 e. The number of rotatable bonds is 7. The van der Waals surface area contributed by atoms with E-state index >= 15 is 0 Å². The lowest BCUT2D eigenvalue weighted by Gasteiger charge is -2.15. The maximum absolute atomic E-state index is 12.9. The fraction of sp³-hybridized carbons (Fsp3) is 0.148. The van der Waals surface area contributed by atoms with Gasteiger partial charge >= 0.3 is 0 Å². The normalized spacial score (nSPS) is 14.4. The monoisotopic (exact) mass is 533 g/mol. The lowest BCUT2D eigenvalue weighted by Crippen LogP contribution is -2.36. The van der Waals surface area contributed by atoms with Gasteiger partial charge in [0.25, 0.3) is 16.8 Å². The van der Waals surface area contributed by atoms with Crippen LogP contribution in [0.25, 0.3) is 6.08 Å². The van der Waals surface area contributed by atoms with Crippen LogP contribution in [0, 0.1) is 30.9 Å². The molecule has 3 aromatic rings. The maximum atomic E-state index is 12.9. The molecule has 1 aliphatic heterocycles. The molecule has 4 rings (SSSR count). The second kappa shape index (κ2) is 11.0. The van der Waals surface area contributed by atoms with E-state index in [2.05, 4.69) is 5.32 Å². The van der Waals surface area contributed by atoms with Gasteiger partial charge in [-0.15, -0.1) is 0 Å². The number of anilines is 1. The lowest BCUT2D eigenvalue weighted by molar-refractivity contribution is -0.387. The van der Waals surface area contributed by atoms with Gasteiger partial charge in [-0.2, -0.15) is 0 Å². The van der Waals surface area contributed by atoms with Gasteiger partial charge in [0.05, 0.1) is 14.7 Å². The third kappa shape index (κ3) is 6.10. The zero-order valence-electron chi connectivity index (χ0n) is 20.3. The third-order valence-electron chi connectivity index (χ3n) is 5.65. The first-order chi connectivity index (χ1) is 17.6. The Labute approximate surface area is 222 Å². The molecule has 8 nitrogen and oxygen atoms in total. The SMILES string of the molecule is Cc1ccc(Sc2ccc(C=C3SC(=O)N(CC(=O)Nc4c(C)cccc4C)C3=O)cc2[N+](=O)[O-])cc1. The number of thioether (sulfide) groups is 1. The number of hydrogen-bond acceptors (Lipinski definition) is 7. The van der Waals surface area contributed by atoms with Crippen LogP contribution in [0.4, 0.5) is 16.2 Å². The maximum Gasteiger partial charge on any atom is 0.294 e. The quantitative estimate of drug-likeness (QED) is 0.214. The summed E-state index contributed by atoms with van der Waals surface area (Å²) in [6.07, 6.45) is 1.43. The first-order valence-corrected chi connectivity index (χ1v) is 12.9. The van der Waals surface area contributed by atoms with Gasteiger partial charge in [0.15, 0.2) is 0 Å². The van der Waals surface area contributed by atoms with Crippen molar-refractivity contribution < 1.29 is 19.3 Å². The van der Waals surface area contributed by atoms with E-state index in [1.165, 1.54) is 23.9 Å². The highest BCUT2D eigenvalue weighted by Crippen LogP contribution is 2.37. The lowest BCUT2D eigenvalue weighted by atomic mass is 10.1. The molecule has 1 aliphatic rings. The van der Waals surface area contributed by atoms with E-state index in [0.717, 1.165) is 26.5 Å². The van der Waals surface area contributed by atoms with Crippen LogP contribution in [-0.2, 0) is 9.59 Å². The molecule has 0 atom stereocenters. The molecule has 37 heavy (non-hydrogen) atoms. The number of benzene rings is 3. The zero-order valence-corrected chi connectivity index (χ0v) is 21.9. The molecule has 3 aromatic carbocycles. The van der Waals surface area contributed by atoms with Crippen molar-refractivity contribution in [3.05, 3.63) is 97.9 Å². The molecule has 0 saturated carbocycles. The standard InChI is InChI=1S/C27H23N3O5S2/c1-16-7-10-20(11-8-16)36-22-12-9-19(13-21(22)30(34)35)14-23-26(32)29(27(33)37-23)15-24(31)28-25-17(2)5-4-6-18(25)3/h4-14H,15H2,1-3H3,(H,28,31).